The molecule has 0 fully saturated rings. The summed E-state index contributed by atoms with van der Waals surface area (Å²) in [5.74, 6) is 0.112. The number of amides is 1. The fourth-order valence-electron chi connectivity index (χ4n) is 2.37. The summed E-state index contributed by atoms with van der Waals surface area (Å²) in [6.45, 7) is 1.67. The van der Waals surface area contributed by atoms with Crippen LogP contribution in [-0.4, -0.2) is 16.9 Å². The van der Waals surface area contributed by atoms with Crippen molar-refractivity contribution in [3.05, 3.63) is 72.3 Å². The Hall–Kier alpha value is -3.34. The zero-order valence-corrected chi connectivity index (χ0v) is 13.1. The molecule has 120 valence electrons. The Balaban J connectivity index is 1.76. The van der Waals surface area contributed by atoms with Crippen LogP contribution < -0.4 is 5.32 Å². The van der Waals surface area contributed by atoms with Gasteiger partial charge in [-0.2, -0.15) is 0 Å². The minimum atomic E-state index is -0.694. The number of fused-ring (bicyclic) bond motifs is 1. The van der Waals surface area contributed by atoms with Crippen molar-refractivity contribution in [3.8, 4) is 5.75 Å². The van der Waals surface area contributed by atoms with Crippen LogP contribution in [0.15, 0.2) is 71.9 Å². The van der Waals surface area contributed by atoms with Crippen molar-refractivity contribution in [2.75, 3.05) is 5.32 Å². The molecule has 0 aliphatic rings. The van der Waals surface area contributed by atoms with Gasteiger partial charge in [0.25, 0.3) is 0 Å². The first-order valence-electron chi connectivity index (χ1n) is 7.44. The summed E-state index contributed by atoms with van der Waals surface area (Å²) in [7, 11) is 0. The van der Waals surface area contributed by atoms with Gasteiger partial charge in [0.1, 0.15) is 5.75 Å². The molecule has 5 nitrogen and oxygen atoms in total. The molecular weight excluding hydrogens is 304 g/mol. The highest BCUT2D eigenvalue weighted by molar-refractivity contribution is 6.06. The molecule has 0 atom stereocenters. The van der Waals surface area contributed by atoms with Crippen molar-refractivity contribution in [3.63, 3.8) is 0 Å². The van der Waals surface area contributed by atoms with Gasteiger partial charge in [-0.1, -0.05) is 53.7 Å². The molecule has 5 heteroatoms. The number of hydrogen-bond donors (Lipinski definition) is 2. The van der Waals surface area contributed by atoms with Crippen LogP contribution in [0.5, 0.6) is 5.75 Å². The Morgan fingerprint density at radius 2 is 1.71 bits per heavy atom. The number of para-hydroxylation sites is 1. The van der Waals surface area contributed by atoms with E-state index in [0.29, 0.717) is 17.0 Å². The van der Waals surface area contributed by atoms with Crippen LogP contribution in [0.1, 0.15) is 12.5 Å². The zero-order chi connectivity index (χ0) is 16.9. The molecule has 0 saturated heterocycles. The van der Waals surface area contributed by atoms with Crippen molar-refractivity contribution < 1.29 is 14.7 Å². The third-order valence-electron chi connectivity index (χ3n) is 3.58. The van der Waals surface area contributed by atoms with E-state index >= 15 is 0 Å². The topological polar surface area (TPSA) is 70.9 Å². The Bertz CT molecular complexity index is 905. The van der Waals surface area contributed by atoms with Gasteiger partial charge in [0.15, 0.2) is 0 Å². The number of carbonyl (C=O) groups is 1. The fraction of sp³-hybridized carbons (Fsp3) is 0.0526. The molecule has 0 radical (unpaired) electrons. The fourth-order valence-corrected chi connectivity index (χ4v) is 2.37. The molecule has 2 N–H and O–H groups in total. The summed E-state index contributed by atoms with van der Waals surface area (Å²) in [6, 6.07) is 20.1. The van der Waals surface area contributed by atoms with Crippen molar-refractivity contribution in [2.24, 2.45) is 5.16 Å². The van der Waals surface area contributed by atoms with E-state index in [9.17, 15) is 9.90 Å². The monoisotopic (exact) mass is 320 g/mol. The molecule has 0 aromatic heterocycles. The maximum absolute atomic E-state index is 11.7. The van der Waals surface area contributed by atoms with Gasteiger partial charge in [0, 0.05) is 16.6 Å². The number of phenolic OH excluding ortho intramolecular Hbond substituents is 1. The summed E-state index contributed by atoms with van der Waals surface area (Å²) in [5.41, 5.74) is 1.53. The first kappa shape index (κ1) is 15.6. The molecular formula is C19H16N2O3. The third-order valence-corrected chi connectivity index (χ3v) is 3.58. The summed E-state index contributed by atoms with van der Waals surface area (Å²) in [4.78, 5) is 16.6. The van der Waals surface area contributed by atoms with Gasteiger partial charge in [0.2, 0.25) is 0 Å². The number of rotatable bonds is 3. The Labute approximate surface area is 139 Å². The second kappa shape index (κ2) is 6.83. The summed E-state index contributed by atoms with van der Waals surface area (Å²) in [6.07, 6.45) is -0.694. The summed E-state index contributed by atoms with van der Waals surface area (Å²) < 4.78 is 0. The molecule has 0 saturated carbocycles. The van der Waals surface area contributed by atoms with Gasteiger partial charge >= 0.3 is 6.09 Å². The highest BCUT2D eigenvalue weighted by atomic mass is 16.7. The molecule has 3 aromatic rings. The third kappa shape index (κ3) is 3.35. The molecule has 24 heavy (non-hydrogen) atoms. The zero-order valence-electron chi connectivity index (χ0n) is 13.1. The molecule has 0 aliphatic carbocycles. The van der Waals surface area contributed by atoms with Crippen LogP contribution in [-0.2, 0) is 4.84 Å². The lowest BCUT2D eigenvalue weighted by atomic mass is 10.0. The van der Waals surface area contributed by atoms with Crippen molar-refractivity contribution >= 4 is 28.3 Å². The average Bonchev–Trinajstić information content (AvgIpc) is 2.61. The lowest BCUT2D eigenvalue weighted by Gasteiger charge is -2.07. The van der Waals surface area contributed by atoms with Gasteiger partial charge < -0.3 is 5.11 Å². The smallest absolute Gasteiger partial charge is 0.437 e. The molecule has 0 aliphatic heterocycles. The normalized spacial score (nSPS) is 11.3. The molecule has 0 heterocycles. The first-order chi connectivity index (χ1) is 11.6. The van der Waals surface area contributed by atoms with E-state index in [0.717, 1.165) is 10.8 Å². The van der Waals surface area contributed by atoms with E-state index in [1.165, 1.54) is 0 Å². The number of benzene rings is 3. The number of anilines is 1. The second-order valence-corrected chi connectivity index (χ2v) is 5.23. The maximum Gasteiger partial charge on any atom is 0.437 e. The van der Waals surface area contributed by atoms with E-state index < -0.39 is 6.09 Å². The molecule has 0 unspecified atom stereocenters. The van der Waals surface area contributed by atoms with Crippen molar-refractivity contribution in [2.45, 2.75) is 6.92 Å². The van der Waals surface area contributed by atoms with E-state index in [-0.39, 0.29) is 5.75 Å². The minimum absolute atomic E-state index is 0.112. The quantitative estimate of drug-likeness (QED) is 0.423. The Morgan fingerprint density at radius 3 is 2.50 bits per heavy atom. The average molecular weight is 320 g/mol. The SMILES string of the molecule is CC(=NOC(=O)Nc1ccccc1)c1ccc2ccccc2c1O. The lowest BCUT2D eigenvalue weighted by molar-refractivity contribution is 0.166. The molecule has 0 spiro atoms. The number of hydrogen-bond acceptors (Lipinski definition) is 4. The number of oxime groups is 1. The lowest BCUT2D eigenvalue weighted by Crippen LogP contribution is -2.11. The molecule has 1 amide bonds. The van der Waals surface area contributed by atoms with E-state index in [4.69, 9.17) is 4.84 Å². The number of phenols is 1. The predicted molar refractivity (Wildman–Crippen MR) is 94.4 cm³/mol. The maximum atomic E-state index is 11.7. The van der Waals surface area contributed by atoms with Crippen molar-refractivity contribution in [1.29, 1.82) is 0 Å². The van der Waals surface area contributed by atoms with E-state index in [2.05, 4.69) is 10.5 Å². The van der Waals surface area contributed by atoms with Gasteiger partial charge in [-0.25, -0.2) is 4.79 Å². The van der Waals surface area contributed by atoms with Gasteiger partial charge in [-0.05, 0) is 30.5 Å². The highest BCUT2D eigenvalue weighted by Crippen LogP contribution is 2.29. The van der Waals surface area contributed by atoms with Crippen LogP contribution in [0, 0.1) is 0 Å². The Kier molecular flexibility index (Phi) is 4.43. The van der Waals surface area contributed by atoms with E-state index in [1.54, 1.807) is 37.3 Å². The van der Waals surface area contributed by atoms with Crippen LogP contribution in [0.4, 0.5) is 10.5 Å². The predicted octanol–water partition coefficient (Wildman–Crippen LogP) is 4.52. The van der Waals surface area contributed by atoms with Crippen LogP contribution >= 0.6 is 0 Å². The highest BCUT2D eigenvalue weighted by Gasteiger charge is 2.10. The van der Waals surface area contributed by atoms with Crippen LogP contribution in [0.2, 0.25) is 0 Å². The number of nitrogens with zero attached hydrogens (tertiary/aromatic N) is 1. The molecule has 0 bridgehead atoms. The van der Waals surface area contributed by atoms with Gasteiger partial charge in [-0.15, -0.1) is 0 Å². The Morgan fingerprint density at radius 1 is 1.00 bits per heavy atom. The van der Waals surface area contributed by atoms with Crippen LogP contribution in [0.3, 0.4) is 0 Å². The number of nitrogens with one attached hydrogen (secondary N) is 1. The first-order valence-corrected chi connectivity index (χ1v) is 7.44. The number of aromatic hydroxyl groups is 1. The van der Waals surface area contributed by atoms with Gasteiger partial charge in [-0.3, -0.25) is 10.2 Å². The number of carbonyl (C=O) groups excluding carboxylic acids is 1. The van der Waals surface area contributed by atoms with Crippen molar-refractivity contribution in [1.82, 2.24) is 0 Å². The van der Waals surface area contributed by atoms with Crippen LogP contribution in [0.25, 0.3) is 10.8 Å². The molecule has 3 aromatic carbocycles. The summed E-state index contributed by atoms with van der Waals surface area (Å²) in [5, 5.41) is 18.4. The largest absolute Gasteiger partial charge is 0.507 e. The molecule has 3 rings (SSSR count). The van der Waals surface area contributed by atoms with E-state index in [1.807, 2.05) is 36.4 Å². The second-order valence-electron chi connectivity index (χ2n) is 5.23. The van der Waals surface area contributed by atoms with Gasteiger partial charge in [0.05, 0.1) is 5.71 Å². The standard InChI is InChI=1S/C19H16N2O3/c1-13(21-24-19(23)20-15-8-3-2-4-9-15)16-12-11-14-7-5-6-10-17(14)18(16)22/h2-12,22H,1H3,(H,20,23). The minimum Gasteiger partial charge on any atom is -0.507 e. The summed E-state index contributed by atoms with van der Waals surface area (Å²) >= 11 is 0.